The Bertz CT molecular complexity index is 1040. The van der Waals surface area contributed by atoms with Gasteiger partial charge in [0.1, 0.15) is 12.5 Å². The molecule has 1 saturated heterocycles. The van der Waals surface area contributed by atoms with E-state index < -0.39 is 28.9 Å². The van der Waals surface area contributed by atoms with E-state index in [-0.39, 0.29) is 24.8 Å². The lowest BCUT2D eigenvalue weighted by atomic mass is 9.89. The first kappa shape index (κ1) is 19.2. The van der Waals surface area contributed by atoms with E-state index in [4.69, 9.17) is 14.2 Å². The molecule has 10 heteroatoms. The second-order valence-electron chi connectivity index (χ2n) is 6.72. The fraction of sp³-hybridized carbons (Fsp3) is 0.200. The van der Waals surface area contributed by atoms with Gasteiger partial charge >= 0.3 is 12.0 Å². The van der Waals surface area contributed by atoms with Crippen LogP contribution in [0.2, 0.25) is 0 Å². The van der Waals surface area contributed by atoms with Crippen LogP contribution in [0.15, 0.2) is 54.7 Å². The summed E-state index contributed by atoms with van der Waals surface area (Å²) in [7, 11) is 0. The van der Waals surface area contributed by atoms with Crippen molar-refractivity contribution in [1.29, 1.82) is 0 Å². The predicted octanol–water partition coefficient (Wildman–Crippen LogP) is 2.55. The fourth-order valence-corrected chi connectivity index (χ4v) is 3.32. The van der Waals surface area contributed by atoms with Crippen molar-refractivity contribution in [2.24, 2.45) is 5.92 Å². The van der Waals surface area contributed by atoms with E-state index in [9.17, 15) is 19.7 Å². The maximum Gasteiger partial charge on any atom is 0.319 e. The van der Waals surface area contributed by atoms with Crippen molar-refractivity contribution in [3.05, 3.63) is 76.0 Å². The Balaban J connectivity index is 1.51. The highest BCUT2D eigenvalue weighted by atomic mass is 16.7. The minimum Gasteiger partial charge on any atom is -0.460 e. The Hall–Kier alpha value is -4.08. The fourth-order valence-electron chi connectivity index (χ4n) is 3.32. The van der Waals surface area contributed by atoms with Crippen LogP contribution in [-0.4, -0.2) is 23.7 Å². The quantitative estimate of drug-likeness (QED) is 0.439. The summed E-state index contributed by atoms with van der Waals surface area (Å²) < 4.78 is 16.0. The molecule has 2 aliphatic rings. The lowest BCUT2D eigenvalue weighted by Gasteiger charge is -2.33. The third-order valence-electron chi connectivity index (χ3n) is 4.80. The van der Waals surface area contributed by atoms with Gasteiger partial charge in [-0.05, 0) is 23.3 Å². The van der Waals surface area contributed by atoms with Crippen molar-refractivity contribution >= 4 is 17.7 Å². The van der Waals surface area contributed by atoms with Gasteiger partial charge < -0.3 is 24.8 Å². The maximum absolute atomic E-state index is 12.8. The highest BCUT2D eigenvalue weighted by molar-refractivity contribution is 5.85. The number of rotatable bonds is 5. The minimum atomic E-state index is -0.918. The van der Waals surface area contributed by atoms with Crippen LogP contribution in [0.1, 0.15) is 17.2 Å². The van der Waals surface area contributed by atoms with E-state index in [1.165, 1.54) is 24.3 Å². The lowest BCUT2D eigenvalue weighted by molar-refractivity contribution is -0.384. The first-order valence-electron chi connectivity index (χ1n) is 8.98. The Morgan fingerprint density at radius 1 is 1.20 bits per heavy atom. The molecule has 0 aromatic heterocycles. The highest BCUT2D eigenvalue weighted by Gasteiger charge is 2.39. The standard InChI is InChI=1S/C20H17N3O7/c1-11-17(19(24)28-9-12-2-7-15-16(8-12)30-10-29-15)18(22-20(25)21-11)13-3-5-14(6-4-13)23(26)27/h2-8,17-18H,1,9-10H2,(H2,21,22,25). The Morgan fingerprint density at radius 3 is 2.67 bits per heavy atom. The molecule has 0 bridgehead atoms. The van der Waals surface area contributed by atoms with Crippen molar-refractivity contribution in [3.8, 4) is 11.5 Å². The first-order chi connectivity index (χ1) is 14.4. The van der Waals surface area contributed by atoms with Gasteiger partial charge in [0.2, 0.25) is 6.79 Å². The van der Waals surface area contributed by atoms with Crippen LogP contribution in [0.25, 0.3) is 0 Å². The second kappa shape index (κ2) is 7.74. The number of nitrogens with zero attached hydrogens (tertiary/aromatic N) is 1. The molecule has 30 heavy (non-hydrogen) atoms. The van der Waals surface area contributed by atoms with E-state index in [2.05, 4.69) is 17.2 Å². The Kier molecular flexibility index (Phi) is 4.97. The number of hydrogen-bond donors (Lipinski definition) is 2. The molecule has 2 unspecified atom stereocenters. The Morgan fingerprint density at radius 2 is 1.93 bits per heavy atom. The molecule has 0 saturated carbocycles. The van der Waals surface area contributed by atoms with E-state index in [1.54, 1.807) is 18.2 Å². The summed E-state index contributed by atoms with van der Waals surface area (Å²) in [6.07, 6.45) is 0. The topological polar surface area (TPSA) is 129 Å². The summed E-state index contributed by atoms with van der Waals surface area (Å²) in [5, 5.41) is 16.0. The number of nitro groups is 1. The number of carbonyl (C=O) groups is 2. The van der Waals surface area contributed by atoms with Gasteiger partial charge in [-0.25, -0.2) is 4.79 Å². The molecule has 0 spiro atoms. The van der Waals surface area contributed by atoms with Crippen LogP contribution in [-0.2, 0) is 16.1 Å². The third-order valence-corrected chi connectivity index (χ3v) is 4.80. The maximum atomic E-state index is 12.8. The number of hydrogen-bond acceptors (Lipinski definition) is 7. The molecular weight excluding hydrogens is 394 g/mol. The van der Waals surface area contributed by atoms with Gasteiger partial charge in [-0.1, -0.05) is 24.8 Å². The van der Waals surface area contributed by atoms with Gasteiger partial charge in [-0.3, -0.25) is 14.9 Å². The summed E-state index contributed by atoms with van der Waals surface area (Å²) >= 11 is 0. The number of urea groups is 1. The molecule has 2 amide bonds. The monoisotopic (exact) mass is 411 g/mol. The van der Waals surface area contributed by atoms with Gasteiger partial charge in [0.25, 0.3) is 5.69 Å². The molecule has 1 fully saturated rings. The van der Waals surface area contributed by atoms with Crippen molar-refractivity contribution in [2.45, 2.75) is 12.6 Å². The zero-order valence-electron chi connectivity index (χ0n) is 15.6. The number of esters is 1. The third kappa shape index (κ3) is 3.75. The van der Waals surface area contributed by atoms with Gasteiger partial charge in [0.05, 0.1) is 11.0 Å². The lowest BCUT2D eigenvalue weighted by Crippen LogP contribution is -2.51. The van der Waals surface area contributed by atoms with Gasteiger partial charge in [-0.2, -0.15) is 0 Å². The van der Waals surface area contributed by atoms with Crippen molar-refractivity contribution in [1.82, 2.24) is 10.6 Å². The van der Waals surface area contributed by atoms with Gasteiger partial charge in [0.15, 0.2) is 11.5 Å². The summed E-state index contributed by atoms with van der Waals surface area (Å²) in [4.78, 5) is 35.1. The highest BCUT2D eigenvalue weighted by Crippen LogP contribution is 2.34. The average Bonchev–Trinajstić information content (AvgIpc) is 3.19. The van der Waals surface area contributed by atoms with Gasteiger partial charge in [0, 0.05) is 17.8 Å². The largest absolute Gasteiger partial charge is 0.460 e. The minimum absolute atomic E-state index is 0.0137. The van der Waals surface area contributed by atoms with Crippen molar-refractivity contribution in [2.75, 3.05) is 6.79 Å². The van der Waals surface area contributed by atoms with Crippen molar-refractivity contribution in [3.63, 3.8) is 0 Å². The van der Waals surface area contributed by atoms with E-state index in [0.29, 0.717) is 22.6 Å². The summed E-state index contributed by atoms with van der Waals surface area (Å²) in [6, 6.07) is 9.48. The number of fused-ring (bicyclic) bond motifs is 1. The Labute approximate surface area is 170 Å². The number of non-ortho nitro benzene ring substituents is 1. The predicted molar refractivity (Wildman–Crippen MR) is 102 cm³/mol. The molecule has 2 N–H and O–H groups in total. The van der Waals surface area contributed by atoms with Crippen LogP contribution in [0, 0.1) is 16.0 Å². The second-order valence-corrected chi connectivity index (χ2v) is 6.72. The van der Waals surface area contributed by atoms with Crippen LogP contribution in [0.5, 0.6) is 11.5 Å². The zero-order chi connectivity index (χ0) is 21.3. The molecule has 4 rings (SSSR count). The van der Waals surface area contributed by atoms with Crippen LogP contribution in [0.4, 0.5) is 10.5 Å². The molecule has 0 aliphatic carbocycles. The smallest absolute Gasteiger partial charge is 0.319 e. The molecule has 2 aromatic carbocycles. The number of nitrogens with one attached hydrogen (secondary N) is 2. The summed E-state index contributed by atoms with van der Waals surface area (Å²) in [5.41, 5.74) is 1.30. The number of ether oxygens (including phenoxy) is 3. The van der Waals surface area contributed by atoms with Crippen LogP contribution in [0.3, 0.4) is 0 Å². The first-order valence-corrected chi connectivity index (χ1v) is 8.98. The van der Waals surface area contributed by atoms with E-state index >= 15 is 0 Å². The molecule has 2 heterocycles. The van der Waals surface area contributed by atoms with Crippen molar-refractivity contribution < 1.29 is 28.7 Å². The number of amides is 2. The number of nitro benzene ring substituents is 1. The van der Waals surface area contributed by atoms with Gasteiger partial charge in [-0.15, -0.1) is 0 Å². The summed E-state index contributed by atoms with van der Waals surface area (Å²) in [5.74, 6) is -0.328. The summed E-state index contributed by atoms with van der Waals surface area (Å²) in [6.45, 7) is 3.90. The number of carbonyl (C=O) groups excluding carboxylic acids is 2. The molecule has 2 atom stereocenters. The molecular formula is C20H17N3O7. The molecule has 2 aliphatic heterocycles. The average molecular weight is 411 g/mol. The zero-order valence-corrected chi connectivity index (χ0v) is 15.6. The van der Waals surface area contributed by atoms with E-state index in [0.717, 1.165) is 0 Å². The SMILES string of the molecule is C=C1NC(=O)NC(c2ccc([N+](=O)[O-])cc2)C1C(=O)OCc1ccc2c(c1)OCO2. The van der Waals surface area contributed by atoms with Crippen LogP contribution >= 0.6 is 0 Å². The molecule has 2 aromatic rings. The van der Waals surface area contributed by atoms with E-state index in [1.807, 2.05) is 0 Å². The molecule has 154 valence electrons. The molecule has 10 nitrogen and oxygen atoms in total. The normalized spacial score (nSPS) is 19.6. The van der Waals surface area contributed by atoms with Crippen LogP contribution < -0.4 is 20.1 Å². The molecule has 0 radical (unpaired) electrons. The number of benzene rings is 2.